The number of nitrogens with one attached hydrogen (secondary N) is 1. The van der Waals surface area contributed by atoms with E-state index < -0.39 is 5.97 Å². The Kier molecular flexibility index (Phi) is 3.08. The van der Waals surface area contributed by atoms with Crippen LogP contribution in [0.2, 0.25) is 0 Å². The van der Waals surface area contributed by atoms with E-state index in [0.29, 0.717) is 18.6 Å². The first-order valence-corrected chi connectivity index (χ1v) is 10.3. The van der Waals surface area contributed by atoms with Crippen molar-refractivity contribution in [1.29, 1.82) is 0 Å². The fraction of sp³-hybridized carbons (Fsp3) is 0.591. The van der Waals surface area contributed by atoms with Gasteiger partial charge in [-0.1, -0.05) is 24.3 Å². The summed E-state index contributed by atoms with van der Waals surface area (Å²) in [6.45, 7) is 2.86. The maximum absolute atomic E-state index is 11.6. The number of anilines is 1. The van der Waals surface area contributed by atoms with Gasteiger partial charge in [-0.05, 0) is 23.1 Å². The lowest BCUT2D eigenvalue weighted by molar-refractivity contribution is -0.924. The van der Waals surface area contributed by atoms with Gasteiger partial charge in [-0.25, -0.2) is 0 Å². The Morgan fingerprint density at radius 2 is 2.26 bits per heavy atom. The van der Waals surface area contributed by atoms with Crippen LogP contribution in [0.25, 0.3) is 0 Å². The summed E-state index contributed by atoms with van der Waals surface area (Å²) < 4.78 is 7.30. The number of para-hydroxylation sites is 1. The van der Waals surface area contributed by atoms with Crippen LogP contribution in [0, 0.1) is 11.8 Å². The molecule has 3 fully saturated rings. The molecule has 4 aliphatic heterocycles. The van der Waals surface area contributed by atoms with Crippen molar-refractivity contribution in [2.45, 2.75) is 42.9 Å². The molecule has 142 valence electrons. The minimum absolute atomic E-state index is 0.101. The average molecular weight is 367 g/mol. The molecule has 1 spiro atoms. The van der Waals surface area contributed by atoms with Crippen molar-refractivity contribution in [2.75, 3.05) is 32.1 Å². The van der Waals surface area contributed by atoms with Crippen LogP contribution >= 0.6 is 0 Å². The highest BCUT2D eigenvalue weighted by Crippen LogP contribution is 2.64. The van der Waals surface area contributed by atoms with Crippen molar-refractivity contribution in [3.8, 4) is 0 Å². The SMILES string of the molecule is C[N+]12CC[C@]34c5ccccc5N[C@H]3[C@@H]3C(CC(=O)O)OCC=C(C1)[C@@H]3C[C@@H]42. The molecule has 5 heteroatoms. The number of carboxylic acid groups (broad SMARTS) is 1. The second kappa shape index (κ2) is 5.15. The molecule has 0 radical (unpaired) electrons. The Balaban J connectivity index is 1.55. The van der Waals surface area contributed by atoms with Gasteiger partial charge in [-0.3, -0.25) is 4.79 Å². The molecule has 1 aromatic rings. The van der Waals surface area contributed by atoms with Gasteiger partial charge < -0.3 is 19.6 Å². The first kappa shape index (κ1) is 16.1. The van der Waals surface area contributed by atoms with Crippen molar-refractivity contribution >= 4 is 11.7 Å². The highest BCUT2D eigenvalue weighted by atomic mass is 16.5. The number of ether oxygens (including phenoxy) is 1. The minimum Gasteiger partial charge on any atom is -0.481 e. The molecule has 7 atom stereocenters. The number of rotatable bonds is 2. The largest absolute Gasteiger partial charge is 0.481 e. The lowest BCUT2D eigenvalue weighted by Crippen LogP contribution is -2.68. The zero-order chi connectivity index (χ0) is 18.4. The summed E-state index contributed by atoms with van der Waals surface area (Å²) in [5, 5.41) is 13.4. The molecule has 1 saturated carbocycles. The number of quaternary nitrogens is 1. The Labute approximate surface area is 159 Å². The van der Waals surface area contributed by atoms with Crippen LogP contribution in [0.3, 0.4) is 0 Å². The van der Waals surface area contributed by atoms with Crippen LogP contribution in [0.15, 0.2) is 35.9 Å². The third-order valence-electron chi connectivity index (χ3n) is 8.49. The number of carboxylic acids is 1. The number of hydrogen-bond donors (Lipinski definition) is 2. The number of aliphatic carboxylic acids is 1. The van der Waals surface area contributed by atoms with Crippen molar-refractivity contribution in [3.05, 3.63) is 41.5 Å². The van der Waals surface area contributed by atoms with Gasteiger partial charge in [-0.15, -0.1) is 0 Å². The highest BCUT2D eigenvalue weighted by Gasteiger charge is 2.71. The van der Waals surface area contributed by atoms with Gasteiger partial charge in [0.1, 0.15) is 12.6 Å². The predicted octanol–water partition coefficient (Wildman–Crippen LogP) is 2.39. The summed E-state index contributed by atoms with van der Waals surface area (Å²) in [4.78, 5) is 11.6. The maximum Gasteiger partial charge on any atom is 0.305 e. The van der Waals surface area contributed by atoms with Gasteiger partial charge in [-0.2, -0.15) is 0 Å². The van der Waals surface area contributed by atoms with E-state index >= 15 is 0 Å². The summed E-state index contributed by atoms with van der Waals surface area (Å²) in [7, 11) is 2.44. The molecule has 0 amide bonds. The van der Waals surface area contributed by atoms with Crippen molar-refractivity contribution in [1.82, 2.24) is 0 Å². The van der Waals surface area contributed by atoms with E-state index in [9.17, 15) is 9.90 Å². The molecular weight excluding hydrogens is 340 g/mol. The zero-order valence-corrected chi connectivity index (χ0v) is 15.7. The first-order chi connectivity index (χ1) is 13.0. The standard InChI is InChI=1S/C22H26N2O3/c1-24-8-7-22-15-4-2-3-5-16(15)23-21(22)20-14(10-18(22)24)13(12-24)6-9-27-17(20)11-19(25)26/h2-6,14,17-18,20-21,23H,7-12H2,1H3/p+1/t14-,17?,18-,20-,21-,22+,24?/m0/s1. The molecule has 27 heavy (non-hydrogen) atoms. The highest BCUT2D eigenvalue weighted by molar-refractivity contribution is 5.68. The van der Waals surface area contributed by atoms with Gasteiger partial charge in [0.2, 0.25) is 0 Å². The number of piperidine rings is 1. The molecule has 2 N–H and O–H groups in total. The second-order valence-corrected chi connectivity index (χ2v) is 9.50. The minimum atomic E-state index is -0.752. The van der Waals surface area contributed by atoms with E-state index in [1.54, 1.807) is 0 Å². The van der Waals surface area contributed by atoms with E-state index in [1.807, 2.05) is 0 Å². The molecule has 6 rings (SSSR count). The summed E-state index contributed by atoms with van der Waals surface area (Å²) in [5.41, 5.74) is 4.35. The monoisotopic (exact) mass is 367 g/mol. The van der Waals surface area contributed by atoms with Crippen molar-refractivity contribution < 1.29 is 19.1 Å². The third kappa shape index (κ3) is 1.89. The van der Waals surface area contributed by atoms with Crippen LogP contribution in [0.5, 0.6) is 0 Å². The smallest absolute Gasteiger partial charge is 0.305 e. The number of nitrogens with zero attached hydrogens (tertiary/aromatic N) is 1. The summed E-state index contributed by atoms with van der Waals surface area (Å²) >= 11 is 0. The molecule has 1 aromatic carbocycles. The molecule has 0 aromatic heterocycles. The molecule has 4 heterocycles. The lowest BCUT2D eigenvalue weighted by Gasteiger charge is -2.57. The lowest BCUT2D eigenvalue weighted by atomic mass is 9.54. The normalized spacial score (nSPS) is 46.0. The van der Waals surface area contributed by atoms with Crippen LogP contribution in [0.1, 0.15) is 24.8 Å². The number of benzene rings is 1. The predicted molar refractivity (Wildman–Crippen MR) is 102 cm³/mol. The maximum atomic E-state index is 11.6. The van der Waals surface area contributed by atoms with Crippen LogP contribution in [-0.2, 0) is 14.9 Å². The second-order valence-electron chi connectivity index (χ2n) is 9.50. The van der Waals surface area contributed by atoms with Gasteiger partial charge in [0, 0.05) is 30.5 Å². The third-order valence-corrected chi connectivity index (χ3v) is 8.49. The van der Waals surface area contributed by atoms with Crippen molar-refractivity contribution in [3.63, 3.8) is 0 Å². The Hall–Kier alpha value is -1.85. The van der Waals surface area contributed by atoms with E-state index in [4.69, 9.17) is 4.74 Å². The van der Waals surface area contributed by atoms with E-state index in [0.717, 1.165) is 11.0 Å². The number of likely N-dealkylation sites (N-methyl/N-ethyl adjacent to an activating group) is 1. The average Bonchev–Trinajstić information content (AvgIpc) is 3.08. The van der Waals surface area contributed by atoms with Gasteiger partial charge in [0.05, 0.1) is 38.1 Å². The van der Waals surface area contributed by atoms with Gasteiger partial charge >= 0.3 is 5.97 Å². The quantitative estimate of drug-likeness (QED) is 0.623. The Bertz CT molecular complexity index is 867. The number of hydrogen-bond acceptors (Lipinski definition) is 3. The summed E-state index contributed by atoms with van der Waals surface area (Å²) in [6.07, 6.45) is 4.50. The van der Waals surface area contributed by atoms with Crippen LogP contribution < -0.4 is 5.32 Å². The van der Waals surface area contributed by atoms with Crippen LogP contribution in [0.4, 0.5) is 5.69 Å². The summed E-state index contributed by atoms with van der Waals surface area (Å²) in [6, 6.07) is 9.67. The Morgan fingerprint density at radius 3 is 3.11 bits per heavy atom. The molecular formula is C22H27N2O3+. The van der Waals surface area contributed by atoms with E-state index in [2.05, 4.69) is 42.7 Å². The van der Waals surface area contributed by atoms with E-state index in [1.165, 1.54) is 36.2 Å². The topological polar surface area (TPSA) is 58.6 Å². The Morgan fingerprint density at radius 1 is 1.41 bits per heavy atom. The zero-order valence-electron chi connectivity index (χ0n) is 15.7. The fourth-order valence-electron chi connectivity index (χ4n) is 7.58. The fourth-order valence-corrected chi connectivity index (χ4v) is 7.58. The van der Waals surface area contributed by atoms with Crippen molar-refractivity contribution in [2.24, 2.45) is 11.8 Å². The first-order valence-electron chi connectivity index (χ1n) is 10.3. The molecule has 2 unspecified atom stereocenters. The van der Waals surface area contributed by atoms with Crippen LogP contribution in [-0.4, -0.2) is 60.5 Å². The molecule has 5 aliphatic rings. The summed E-state index contributed by atoms with van der Waals surface area (Å²) in [5.74, 6) is -0.0746. The number of fused-ring (bicyclic) bond motifs is 2. The van der Waals surface area contributed by atoms with Gasteiger partial charge in [0.15, 0.2) is 0 Å². The molecule has 1 aliphatic carbocycles. The molecule has 5 nitrogen and oxygen atoms in total. The van der Waals surface area contributed by atoms with Gasteiger partial charge in [0.25, 0.3) is 0 Å². The number of carbonyl (C=O) groups is 1. The molecule has 2 saturated heterocycles. The molecule has 2 bridgehead atoms. The van der Waals surface area contributed by atoms with E-state index in [-0.39, 0.29) is 29.9 Å².